The predicted octanol–water partition coefficient (Wildman–Crippen LogP) is 0.786. The molecule has 0 saturated heterocycles. The first-order chi connectivity index (χ1) is 6.92. The molecule has 0 bridgehead atoms. The summed E-state index contributed by atoms with van der Waals surface area (Å²) in [5.74, 6) is 0.631. The zero-order chi connectivity index (χ0) is 9.80. The molecule has 0 amide bonds. The van der Waals surface area contributed by atoms with Gasteiger partial charge in [-0.1, -0.05) is 30.3 Å². The molecule has 0 unspecified atom stereocenters. The van der Waals surface area contributed by atoms with E-state index >= 15 is 0 Å². The Kier molecular flexibility index (Phi) is 8.18. The molecule has 0 saturated carbocycles. The van der Waals surface area contributed by atoms with E-state index < -0.39 is 0 Å². The maximum atomic E-state index is 5.13. The fraction of sp³-hybridized carbons (Fsp3) is 0.100. The number of hydrogen-bond donors (Lipinski definition) is 0. The minimum atomic E-state index is 0. The van der Waals surface area contributed by atoms with Gasteiger partial charge >= 0.3 is 0 Å². The van der Waals surface area contributed by atoms with Crippen LogP contribution >= 0.6 is 0 Å². The van der Waals surface area contributed by atoms with Crippen LogP contribution < -0.4 is 4.74 Å². The molecule has 1 heterocycles. The van der Waals surface area contributed by atoms with Gasteiger partial charge in [-0.15, -0.1) is 10.2 Å². The Balaban J connectivity index is 0.00000112. The van der Waals surface area contributed by atoms with Gasteiger partial charge in [0.2, 0.25) is 0 Å². The van der Waals surface area contributed by atoms with Gasteiger partial charge in [0.25, 0.3) is 0 Å². The molecule has 2 aromatic rings. The maximum Gasteiger partial charge on any atom is 0.167 e. The van der Waals surface area contributed by atoms with Gasteiger partial charge in [-0.2, -0.15) is 0 Å². The summed E-state index contributed by atoms with van der Waals surface area (Å²) < 4.78 is 5.13. The molecular formula is C10H9N3Na2O. The van der Waals surface area contributed by atoms with Gasteiger partial charge in [0.05, 0.1) is 13.3 Å². The molecule has 72 valence electrons. The van der Waals surface area contributed by atoms with Crippen molar-refractivity contribution in [2.24, 2.45) is 0 Å². The molecule has 0 aliphatic rings. The van der Waals surface area contributed by atoms with Crippen LogP contribution in [-0.2, 0) is 0 Å². The Labute approximate surface area is 138 Å². The Morgan fingerprint density at radius 3 is 2.38 bits per heavy atom. The minimum absolute atomic E-state index is 0. The molecule has 0 fully saturated rings. The standard InChI is InChI=1S/C10H9N3O.2Na/c1-14-9-7-11-13-12-10(9)8-5-3-2-4-6-8;;/h2-7H,1H3;;. The average molecular weight is 233 g/mol. The minimum Gasteiger partial charge on any atom is -0.493 e. The SMILES string of the molecule is COc1cnnnc1-c1ccccc1.[Na].[Na]. The van der Waals surface area contributed by atoms with E-state index in [-0.39, 0.29) is 59.1 Å². The Morgan fingerprint density at radius 1 is 1.06 bits per heavy atom. The maximum absolute atomic E-state index is 5.13. The van der Waals surface area contributed by atoms with Crippen molar-refractivity contribution in [3.05, 3.63) is 36.5 Å². The zero-order valence-electron chi connectivity index (χ0n) is 9.71. The van der Waals surface area contributed by atoms with Crippen molar-refractivity contribution in [1.29, 1.82) is 0 Å². The van der Waals surface area contributed by atoms with Crippen molar-refractivity contribution in [2.75, 3.05) is 7.11 Å². The largest absolute Gasteiger partial charge is 0.493 e. The van der Waals surface area contributed by atoms with Crippen LogP contribution in [0.25, 0.3) is 11.3 Å². The van der Waals surface area contributed by atoms with Crippen LogP contribution in [0.5, 0.6) is 5.75 Å². The fourth-order valence-corrected chi connectivity index (χ4v) is 1.20. The molecule has 2 rings (SSSR count). The summed E-state index contributed by atoms with van der Waals surface area (Å²) in [5, 5.41) is 11.2. The van der Waals surface area contributed by atoms with E-state index in [1.54, 1.807) is 13.3 Å². The van der Waals surface area contributed by atoms with E-state index in [0.29, 0.717) is 11.4 Å². The summed E-state index contributed by atoms with van der Waals surface area (Å²) in [6, 6.07) is 9.73. The number of benzene rings is 1. The molecule has 4 nitrogen and oxygen atoms in total. The molecule has 0 aliphatic carbocycles. The van der Waals surface area contributed by atoms with Crippen molar-refractivity contribution in [3.63, 3.8) is 0 Å². The third kappa shape index (κ3) is 3.80. The summed E-state index contributed by atoms with van der Waals surface area (Å²) in [6.07, 6.45) is 1.55. The van der Waals surface area contributed by atoms with Crippen molar-refractivity contribution in [3.8, 4) is 17.0 Å². The van der Waals surface area contributed by atoms with Gasteiger partial charge in [-0.05, 0) is 5.21 Å². The second-order valence-corrected chi connectivity index (χ2v) is 2.72. The number of hydrogen-bond acceptors (Lipinski definition) is 4. The van der Waals surface area contributed by atoms with E-state index in [1.165, 1.54) is 0 Å². The van der Waals surface area contributed by atoms with Gasteiger partial charge in [-0.3, -0.25) is 0 Å². The topological polar surface area (TPSA) is 47.9 Å². The average Bonchev–Trinajstić information content (AvgIpc) is 2.30. The van der Waals surface area contributed by atoms with Gasteiger partial charge in [0, 0.05) is 64.7 Å². The molecule has 2 radical (unpaired) electrons. The van der Waals surface area contributed by atoms with Crippen LogP contribution in [0.1, 0.15) is 0 Å². The number of aromatic nitrogens is 3. The summed E-state index contributed by atoms with van der Waals surface area (Å²) in [7, 11) is 1.59. The Hall–Kier alpha value is 0.0300. The van der Waals surface area contributed by atoms with E-state index in [1.807, 2.05) is 30.3 Å². The summed E-state index contributed by atoms with van der Waals surface area (Å²) in [4.78, 5) is 0. The first-order valence-electron chi connectivity index (χ1n) is 4.19. The summed E-state index contributed by atoms with van der Waals surface area (Å²) in [6.45, 7) is 0. The summed E-state index contributed by atoms with van der Waals surface area (Å²) >= 11 is 0. The third-order valence-corrected chi connectivity index (χ3v) is 1.87. The third-order valence-electron chi connectivity index (χ3n) is 1.87. The number of methoxy groups -OCH3 is 1. The fourth-order valence-electron chi connectivity index (χ4n) is 1.20. The molecule has 0 spiro atoms. The molecular weight excluding hydrogens is 224 g/mol. The molecule has 0 atom stereocenters. The van der Waals surface area contributed by atoms with Crippen molar-refractivity contribution in [2.45, 2.75) is 0 Å². The van der Waals surface area contributed by atoms with Gasteiger partial charge in [-0.25, -0.2) is 0 Å². The normalized spacial score (nSPS) is 8.56. The Morgan fingerprint density at radius 2 is 1.75 bits per heavy atom. The molecule has 16 heavy (non-hydrogen) atoms. The predicted molar refractivity (Wildman–Crippen MR) is 63.3 cm³/mol. The van der Waals surface area contributed by atoms with Crippen molar-refractivity contribution < 1.29 is 4.74 Å². The van der Waals surface area contributed by atoms with Crippen molar-refractivity contribution >= 4 is 59.1 Å². The van der Waals surface area contributed by atoms with Crippen LogP contribution in [0.15, 0.2) is 36.5 Å². The molecule has 0 aliphatic heterocycles. The number of nitrogens with zero attached hydrogens (tertiary/aromatic N) is 3. The van der Waals surface area contributed by atoms with Crippen molar-refractivity contribution in [1.82, 2.24) is 15.4 Å². The number of rotatable bonds is 2. The van der Waals surface area contributed by atoms with Crippen LogP contribution in [-0.4, -0.2) is 81.6 Å². The smallest absolute Gasteiger partial charge is 0.167 e. The Bertz CT molecular complexity index is 425. The van der Waals surface area contributed by atoms with E-state index in [9.17, 15) is 0 Å². The monoisotopic (exact) mass is 233 g/mol. The van der Waals surface area contributed by atoms with Crippen LogP contribution in [0, 0.1) is 0 Å². The van der Waals surface area contributed by atoms with E-state index in [4.69, 9.17) is 4.74 Å². The van der Waals surface area contributed by atoms with E-state index in [0.717, 1.165) is 5.56 Å². The molecule has 1 aromatic carbocycles. The van der Waals surface area contributed by atoms with Gasteiger partial charge in [0.15, 0.2) is 5.75 Å². The molecule has 1 aromatic heterocycles. The van der Waals surface area contributed by atoms with Gasteiger partial charge in [0.1, 0.15) is 5.69 Å². The zero-order valence-corrected chi connectivity index (χ0v) is 13.7. The van der Waals surface area contributed by atoms with E-state index in [2.05, 4.69) is 15.4 Å². The van der Waals surface area contributed by atoms with Crippen LogP contribution in [0.4, 0.5) is 0 Å². The first-order valence-corrected chi connectivity index (χ1v) is 4.19. The molecule has 6 heteroatoms. The molecule has 0 N–H and O–H groups in total. The first kappa shape index (κ1) is 16.0. The van der Waals surface area contributed by atoms with Crippen LogP contribution in [0.2, 0.25) is 0 Å². The number of ether oxygens (including phenoxy) is 1. The quantitative estimate of drug-likeness (QED) is 0.719. The van der Waals surface area contributed by atoms with Crippen LogP contribution in [0.3, 0.4) is 0 Å². The summed E-state index contributed by atoms with van der Waals surface area (Å²) in [5.41, 5.74) is 1.68. The van der Waals surface area contributed by atoms with Gasteiger partial charge < -0.3 is 4.74 Å². The second-order valence-electron chi connectivity index (χ2n) is 2.72. The second kappa shape index (κ2) is 8.17.